The zero-order chi connectivity index (χ0) is 15.3. The molecule has 4 rings (SSSR count). The lowest BCUT2D eigenvalue weighted by molar-refractivity contribution is 0.109. The molecule has 22 heavy (non-hydrogen) atoms. The van der Waals surface area contributed by atoms with Gasteiger partial charge in [0.15, 0.2) is 17.6 Å². The Bertz CT molecular complexity index is 686. The second kappa shape index (κ2) is 4.80. The molecule has 1 aromatic rings. The molecule has 0 saturated heterocycles. The summed E-state index contributed by atoms with van der Waals surface area (Å²) in [5.41, 5.74) is 4.17. The Labute approximate surface area is 131 Å². The minimum atomic E-state index is -0.0632. The summed E-state index contributed by atoms with van der Waals surface area (Å²) in [7, 11) is 3.44. The average Bonchev–Trinajstić information content (AvgIpc) is 2.89. The molecule has 0 unspecified atom stereocenters. The Hall–Kier alpha value is -1.90. The molecular weight excluding hydrogens is 276 g/mol. The summed E-state index contributed by atoms with van der Waals surface area (Å²) in [6.07, 6.45) is 8.66. The summed E-state index contributed by atoms with van der Waals surface area (Å²) < 4.78 is 17.6. The average molecular weight is 298 g/mol. The van der Waals surface area contributed by atoms with E-state index in [1.54, 1.807) is 14.2 Å². The predicted molar refractivity (Wildman–Crippen MR) is 85.5 cm³/mol. The van der Waals surface area contributed by atoms with E-state index >= 15 is 0 Å². The lowest BCUT2D eigenvalue weighted by atomic mass is 9.60. The third kappa shape index (κ3) is 1.52. The summed E-state index contributed by atoms with van der Waals surface area (Å²) in [6, 6.07) is 4.25. The van der Waals surface area contributed by atoms with Gasteiger partial charge in [0, 0.05) is 5.56 Å². The first-order valence-electron chi connectivity index (χ1n) is 8.08. The van der Waals surface area contributed by atoms with Crippen LogP contribution in [-0.2, 0) is 16.6 Å². The summed E-state index contributed by atoms with van der Waals surface area (Å²) in [5.74, 6) is 2.68. The Morgan fingerprint density at radius 2 is 2.05 bits per heavy atom. The Morgan fingerprint density at radius 1 is 1.18 bits per heavy atom. The van der Waals surface area contributed by atoms with Crippen molar-refractivity contribution in [1.82, 2.24) is 0 Å². The van der Waals surface area contributed by atoms with Crippen molar-refractivity contribution in [2.75, 3.05) is 14.2 Å². The molecule has 3 aliphatic rings. The van der Waals surface area contributed by atoms with Crippen LogP contribution in [0.3, 0.4) is 0 Å². The maximum Gasteiger partial charge on any atom is 0.169 e. The molecule has 0 saturated carbocycles. The van der Waals surface area contributed by atoms with Gasteiger partial charge in [-0.25, -0.2) is 0 Å². The molecule has 116 valence electrons. The number of benzene rings is 1. The van der Waals surface area contributed by atoms with Gasteiger partial charge in [-0.3, -0.25) is 0 Å². The highest BCUT2D eigenvalue weighted by Crippen LogP contribution is 2.60. The fourth-order valence-corrected chi connectivity index (χ4v) is 4.54. The number of hydrogen-bond acceptors (Lipinski definition) is 3. The quantitative estimate of drug-likeness (QED) is 0.843. The number of methoxy groups -OCH3 is 2. The molecule has 2 aliphatic carbocycles. The van der Waals surface area contributed by atoms with Crippen LogP contribution in [0.2, 0.25) is 0 Å². The zero-order valence-electron chi connectivity index (χ0n) is 13.4. The monoisotopic (exact) mass is 298 g/mol. The van der Waals surface area contributed by atoms with Gasteiger partial charge in [0.2, 0.25) is 0 Å². The highest BCUT2D eigenvalue weighted by Gasteiger charge is 2.57. The van der Waals surface area contributed by atoms with Gasteiger partial charge in [0.25, 0.3) is 0 Å². The van der Waals surface area contributed by atoms with E-state index in [0.717, 1.165) is 42.9 Å². The molecule has 2 atom stereocenters. The van der Waals surface area contributed by atoms with Gasteiger partial charge in [-0.2, -0.15) is 0 Å². The first kappa shape index (κ1) is 13.7. The van der Waals surface area contributed by atoms with Crippen LogP contribution in [0.4, 0.5) is 0 Å². The third-order valence-corrected chi connectivity index (χ3v) is 5.38. The molecule has 0 bridgehead atoms. The number of aryl methyl sites for hydroxylation is 1. The molecule has 1 aromatic carbocycles. The van der Waals surface area contributed by atoms with Crippen LogP contribution in [0.25, 0.3) is 0 Å². The first-order valence-corrected chi connectivity index (χ1v) is 8.08. The van der Waals surface area contributed by atoms with Gasteiger partial charge >= 0.3 is 0 Å². The second-order valence-corrected chi connectivity index (χ2v) is 6.32. The van der Waals surface area contributed by atoms with Crippen molar-refractivity contribution in [2.45, 2.75) is 44.1 Å². The molecular formula is C19H22O3. The molecule has 0 aromatic heterocycles. The van der Waals surface area contributed by atoms with Crippen molar-refractivity contribution < 1.29 is 14.2 Å². The van der Waals surface area contributed by atoms with E-state index in [2.05, 4.69) is 25.1 Å². The number of hydrogen-bond donors (Lipinski definition) is 0. The molecule has 0 spiro atoms. The minimum Gasteiger partial charge on any atom is -0.497 e. The van der Waals surface area contributed by atoms with Crippen molar-refractivity contribution in [2.24, 2.45) is 0 Å². The van der Waals surface area contributed by atoms with E-state index in [9.17, 15) is 0 Å². The lowest BCUT2D eigenvalue weighted by Gasteiger charge is -2.42. The van der Waals surface area contributed by atoms with Crippen molar-refractivity contribution in [3.8, 4) is 11.5 Å². The van der Waals surface area contributed by atoms with E-state index in [0.29, 0.717) is 0 Å². The Balaban J connectivity index is 2.01. The van der Waals surface area contributed by atoms with Crippen LogP contribution < -0.4 is 9.47 Å². The van der Waals surface area contributed by atoms with Gasteiger partial charge in [-0.05, 0) is 37.0 Å². The van der Waals surface area contributed by atoms with Gasteiger partial charge in [0.05, 0.1) is 19.6 Å². The summed E-state index contributed by atoms with van der Waals surface area (Å²) in [4.78, 5) is 0. The van der Waals surface area contributed by atoms with E-state index in [1.807, 2.05) is 6.07 Å². The number of allylic oxidation sites excluding steroid dienone is 2. The standard InChI is InChI=1S/C19H22O3/c1-4-11-19-13-7-5-12-6-9-14(20-2)17(16(12)19)22-18(19)15(21-3)10-8-13/h6,8-10,18H,4-5,7,11H2,1-3H3/t18-,19-/m0/s1. The SMILES string of the molecule is CCC[C@@]12C3=CC=C(OC)[C@@H]1Oc1c(OC)ccc(c12)CC3. The Kier molecular flexibility index (Phi) is 3.00. The largest absolute Gasteiger partial charge is 0.497 e. The maximum absolute atomic E-state index is 6.42. The normalized spacial score (nSPS) is 27.5. The van der Waals surface area contributed by atoms with Crippen molar-refractivity contribution in [3.63, 3.8) is 0 Å². The first-order chi connectivity index (χ1) is 10.8. The lowest BCUT2D eigenvalue weighted by Crippen LogP contribution is -2.45. The molecule has 1 heterocycles. The van der Waals surface area contributed by atoms with Crippen molar-refractivity contribution in [1.29, 1.82) is 0 Å². The summed E-state index contributed by atoms with van der Waals surface area (Å²) >= 11 is 0. The molecule has 0 amide bonds. The molecule has 0 radical (unpaired) electrons. The molecule has 3 nitrogen and oxygen atoms in total. The molecule has 0 N–H and O–H groups in total. The van der Waals surface area contributed by atoms with Crippen LogP contribution in [0.15, 0.2) is 35.6 Å². The van der Waals surface area contributed by atoms with Gasteiger partial charge in [0.1, 0.15) is 5.76 Å². The molecule has 3 heteroatoms. The van der Waals surface area contributed by atoms with Gasteiger partial charge in [-0.1, -0.05) is 31.1 Å². The van der Waals surface area contributed by atoms with Crippen molar-refractivity contribution in [3.05, 3.63) is 46.7 Å². The fraction of sp³-hybridized carbons (Fsp3) is 0.474. The maximum atomic E-state index is 6.42. The van der Waals surface area contributed by atoms with Crippen LogP contribution in [0.1, 0.15) is 37.3 Å². The fourth-order valence-electron chi connectivity index (χ4n) is 4.54. The van der Waals surface area contributed by atoms with Crippen LogP contribution in [0.5, 0.6) is 11.5 Å². The Morgan fingerprint density at radius 3 is 2.77 bits per heavy atom. The number of rotatable bonds is 4. The number of ether oxygens (including phenoxy) is 3. The van der Waals surface area contributed by atoms with E-state index in [1.165, 1.54) is 16.7 Å². The van der Waals surface area contributed by atoms with Crippen LogP contribution >= 0.6 is 0 Å². The summed E-state index contributed by atoms with van der Waals surface area (Å²) in [6.45, 7) is 2.24. The van der Waals surface area contributed by atoms with E-state index in [-0.39, 0.29) is 11.5 Å². The topological polar surface area (TPSA) is 27.7 Å². The van der Waals surface area contributed by atoms with Gasteiger partial charge < -0.3 is 14.2 Å². The molecule has 0 fully saturated rings. The van der Waals surface area contributed by atoms with Gasteiger partial charge in [-0.15, -0.1) is 0 Å². The highest BCUT2D eigenvalue weighted by atomic mass is 16.6. The van der Waals surface area contributed by atoms with E-state index < -0.39 is 0 Å². The minimum absolute atomic E-state index is 0.0530. The van der Waals surface area contributed by atoms with Crippen LogP contribution in [0, 0.1) is 0 Å². The van der Waals surface area contributed by atoms with Crippen molar-refractivity contribution >= 4 is 0 Å². The van der Waals surface area contributed by atoms with E-state index in [4.69, 9.17) is 14.2 Å². The second-order valence-electron chi connectivity index (χ2n) is 6.32. The third-order valence-electron chi connectivity index (χ3n) is 5.38. The predicted octanol–water partition coefficient (Wildman–Crippen LogP) is 3.91. The van der Waals surface area contributed by atoms with Crippen LogP contribution in [-0.4, -0.2) is 20.3 Å². The molecule has 1 aliphatic heterocycles. The zero-order valence-corrected chi connectivity index (χ0v) is 13.4. The highest BCUT2D eigenvalue weighted by molar-refractivity contribution is 5.65. The smallest absolute Gasteiger partial charge is 0.169 e. The summed E-state index contributed by atoms with van der Waals surface area (Å²) in [5, 5.41) is 0.